The summed E-state index contributed by atoms with van der Waals surface area (Å²) < 4.78 is 5.13. The summed E-state index contributed by atoms with van der Waals surface area (Å²) in [6.45, 7) is 2.14. The lowest BCUT2D eigenvalue weighted by Gasteiger charge is -2.19. The summed E-state index contributed by atoms with van der Waals surface area (Å²) in [6, 6.07) is 9.30. The summed E-state index contributed by atoms with van der Waals surface area (Å²) in [5.41, 5.74) is 1.05. The van der Waals surface area contributed by atoms with Crippen molar-refractivity contribution in [1.29, 1.82) is 0 Å². The molecule has 1 N–H and O–H groups in total. The first-order valence-corrected chi connectivity index (χ1v) is 8.87. The molecule has 1 saturated carbocycles. The first-order chi connectivity index (χ1) is 11.7. The van der Waals surface area contributed by atoms with Crippen LogP contribution in [0.5, 0.6) is 0 Å². The summed E-state index contributed by atoms with van der Waals surface area (Å²) in [6.07, 6.45) is 9.18. The van der Waals surface area contributed by atoms with Crippen LogP contribution in [0.4, 0.5) is 0 Å². The highest BCUT2D eigenvalue weighted by molar-refractivity contribution is 5.91. The molecule has 0 heterocycles. The van der Waals surface area contributed by atoms with Gasteiger partial charge < -0.3 is 10.1 Å². The lowest BCUT2D eigenvalue weighted by molar-refractivity contribution is -0.145. The van der Waals surface area contributed by atoms with E-state index in [-0.39, 0.29) is 17.7 Å². The Hall–Kier alpha value is -2.10. The SMILES string of the molecule is CCOC(=O)C(Cc1ccccc1)N/C=C/C(=O)C1CCCCC1. The molecule has 1 aliphatic carbocycles. The van der Waals surface area contributed by atoms with Crippen molar-refractivity contribution in [3.8, 4) is 0 Å². The van der Waals surface area contributed by atoms with Crippen LogP contribution in [0.2, 0.25) is 0 Å². The number of benzene rings is 1. The van der Waals surface area contributed by atoms with E-state index in [0.29, 0.717) is 13.0 Å². The van der Waals surface area contributed by atoms with Crippen molar-refractivity contribution in [1.82, 2.24) is 5.32 Å². The minimum absolute atomic E-state index is 0.145. The van der Waals surface area contributed by atoms with Crippen LogP contribution in [0.25, 0.3) is 0 Å². The molecule has 1 aromatic rings. The van der Waals surface area contributed by atoms with Crippen molar-refractivity contribution >= 4 is 11.8 Å². The molecule has 1 atom stereocenters. The first-order valence-electron chi connectivity index (χ1n) is 8.87. The molecule has 1 aliphatic rings. The molecule has 0 aliphatic heterocycles. The number of ether oxygens (including phenoxy) is 1. The van der Waals surface area contributed by atoms with Crippen LogP contribution in [0, 0.1) is 5.92 Å². The van der Waals surface area contributed by atoms with Crippen molar-refractivity contribution in [2.75, 3.05) is 6.61 Å². The number of nitrogens with one attached hydrogen (secondary N) is 1. The largest absolute Gasteiger partial charge is 0.464 e. The number of carbonyl (C=O) groups is 2. The van der Waals surface area contributed by atoms with Crippen molar-refractivity contribution in [3.63, 3.8) is 0 Å². The van der Waals surface area contributed by atoms with Gasteiger partial charge in [0.1, 0.15) is 6.04 Å². The number of carbonyl (C=O) groups excluding carboxylic acids is 2. The molecule has 1 aromatic carbocycles. The Morgan fingerprint density at radius 2 is 1.92 bits per heavy atom. The molecule has 0 bridgehead atoms. The second-order valence-corrected chi connectivity index (χ2v) is 6.23. The van der Waals surface area contributed by atoms with Gasteiger partial charge in [-0.05, 0) is 31.4 Å². The fraction of sp³-hybridized carbons (Fsp3) is 0.500. The molecule has 1 fully saturated rings. The minimum atomic E-state index is -0.484. The third-order valence-corrected chi connectivity index (χ3v) is 4.41. The van der Waals surface area contributed by atoms with Gasteiger partial charge in [-0.1, -0.05) is 49.6 Å². The second kappa shape index (κ2) is 9.91. The third kappa shape index (κ3) is 5.84. The predicted octanol–water partition coefficient (Wildman–Crippen LogP) is 3.41. The van der Waals surface area contributed by atoms with Crippen LogP contribution in [-0.4, -0.2) is 24.4 Å². The van der Waals surface area contributed by atoms with Gasteiger partial charge in [0.2, 0.25) is 0 Å². The van der Waals surface area contributed by atoms with Crippen LogP contribution >= 0.6 is 0 Å². The van der Waals surface area contributed by atoms with Crippen molar-refractivity contribution < 1.29 is 14.3 Å². The number of rotatable bonds is 8. The molecule has 0 spiro atoms. The van der Waals surface area contributed by atoms with Crippen molar-refractivity contribution in [2.24, 2.45) is 5.92 Å². The zero-order valence-corrected chi connectivity index (χ0v) is 14.4. The Morgan fingerprint density at radius 1 is 1.21 bits per heavy atom. The number of ketones is 1. The van der Waals surface area contributed by atoms with Gasteiger partial charge in [-0.15, -0.1) is 0 Å². The Kier molecular flexibility index (Phi) is 7.53. The van der Waals surface area contributed by atoms with Crippen molar-refractivity contribution in [2.45, 2.75) is 51.5 Å². The topological polar surface area (TPSA) is 55.4 Å². The molecule has 24 heavy (non-hydrogen) atoms. The van der Waals surface area contributed by atoms with Gasteiger partial charge in [-0.3, -0.25) is 4.79 Å². The highest BCUT2D eigenvalue weighted by Crippen LogP contribution is 2.24. The summed E-state index contributed by atoms with van der Waals surface area (Å²) >= 11 is 0. The van der Waals surface area contributed by atoms with E-state index in [9.17, 15) is 9.59 Å². The minimum Gasteiger partial charge on any atom is -0.464 e. The predicted molar refractivity (Wildman–Crippen MR) is 94.4 cm³/mol. The smallest absolute Gasteiger partial charge is 0.328 e. The van der Waals surface area contributed by atoms with Crippen LogP contribution in [-0.2, 0) is 20.7 Å². The Morgan fingerprint density at radius 3 is 2.58 bits per heavy atom. The number of hydrogen-bond acceptors (Lipinski definition) is 4. The van der Waals surface area contributed by atoms with Gasteiger partial charge in [0, 0.05) is 18.5 Å². The lowest BCUT2D eigenvalue weighted by Crippen LogP contribution is -2.37. The standard InChI is InChI=1S/C20H27NO3/c1-2-24-20(23)18(15-16-9-5-3-6-10-16)21-14-13-19(22)17-11-7-4-8-12-17/h3,5-6,9-10,13-14,17-18,21H,2,4,7-8,11-12,15H2,1H3/b14-13+. The normalized spacial score (nSPS) is 16.7. The average Bonchev–Trinajstić information content (AvgIpc) is 2.62. The van der Waals surface area contributed by atoms with Gasteiger partial charge in [0.25, 0.3) is 0 Å². The summed E-state index contributed by atoms with van der Waals surface area (Å²) in [5, 5.41) is 3.05. The number of esters is 1. The van der Waals surface area contributed by atoms with Crippen LogP contribution in [0.15, 0.2) is 42.6 Å². The molecular weight excluding hydrogens is 302 g/mol. The van der Waals surface area contributed by atoms with E-state index in [4.69, 9.17) is 4.74 Å². The highest BCUT2D eigenvalue weighted by atomic mass is 16.5. The maximum Gasteiger partial charge on any atom is 0.328 e. The van der Waals surface area contributed by atoms with Gasteiger partial charge in [0.05, 0.1) is 6.61 Å². The van der Waals surface area contributed by atoms with Gasteiger partial charge in [0.15, 0.2) is 5.78 Å². The molecule has 0 amide bonds. The van der Waals surface area contributed by atoms with E-state index in [0.717, 1.165) is 31.2 Å². The number of hydrogen-bond donors (Lipinski definition) is 1. The van der Waals surface area contributed by atoms with E-state index in [1.807, 2.05) is 30.3 Å². The van der Waals surface area contributed by atoms with E-state index in [2.05, 4.69) is 5.32 Å². The van der Waals surface area contributed by atoms with E-state index >= 15 is 0 Å². The first kappa shape index (κ1) is 18.2. The third-order valence-electron chi connectivity index (χ3n) is 4.41. The summed E-state index contributed by atoms with van der Waals surface area (Å²) in [7, 11) is 0. The van der Waals surface area contributed by atoms with E-state index in [1.165, 1.54) is 6.42 Å². The zero-order valence-electron chi connectivity index (χ0n) is 14.4. The van der Waals surface area contributed by atoms with Crippen LogP contribution in [0.3, 0.4) is 0 Å². The van der Waals surface area contributed by atoms with Gasteiger partial charge in [-0.25, -0.2) is 4.79 Å². The fourth-order valence-electron chi connectivity index (χ4n) is 3.07. The Balaban J connectivity index is 1.92. The fourth-order valence-corrected chi connectivity index (χ4v) is 3.07. The monoisotopic (exact) mass is 329 g/mol. The second-order valence-electron chi connectivity index (χ2n) is 6.23. The van der Waals surface area contributed by atoms with Gasteiger partial charge >= 0.3 is 5.97 Å². The molecule has 4 heteroatoms. The molecule has 0 saturated heterocycles. The zero-order chi connectivity index (χ0) is 17.2. The number of allylic oxidation sites excluding steroid dienone is 1. The van der Waals surface area contributed by atoms with Crippen LogP contribution in [0.1, 0.15) is 44.6 Å². The van der Waals surface area contributed by atoms with E-state index < -0.39 is 6.04 Å². The average molecular weight is 329 g/mol. The van der Waals surface area contributed by atoms with E-state index in [1.54, 1.807) is 19.2 Å². The summed E-state index contributed by atoms with van der Waals surface area (Å²) in [4.78, 5) is 24.3. The molecule has 130 valence electrons. The maximum atomic E-state index is 12.2. The Labute approximate surface area is 144 Å². The molecule has 0 radical (unpaired) electrons. The molecule has 4 nitrogen and oxygen atoms in total. The molecule has 2 rings (SSSR count). The van der Waals surface area contributed by atoms with Crippen LogP contribution < -0.4 is 5.32 Å². The van der Waals surface area contributed by atoms with Crippen molar-refractivity contribution in [3.05, 3.63) is 48.2 Å². The quantitative estimate of drug-likeness (QED) is 0.586. The Bertz CT molecular complexity index is 547. The summed E-state index contributed by atoms with van der Waals surface area (Å²) in [5.74, 6) is 0.00704. The lowest BCUT2D eigenvalue weighted by atomic mass is 9.86. The molecule has 0 aromatic heterocycles. The molecular formula is C20H27NO3. The maximum absolute atomic E-state index is 12.2. The highest BCUT2D eigenvalue weighted by Gasteiger charge is 2.20. The van der Waals surface area contributed by atoms with Gasteiger partial charge in [-0.2, -0.15) is 0 Å². The molecule has 1 unspecified atom stereocenters.